The summed E-state index contributed by atoms with van der Waals surface area (Å²) in [6.45, 7) is 4.88. The van der Waals surface area contributed by atoms with Crippen LogP contribution < -0.4 is 5.32 Å². The van der Waals surface area contributed by atoms with E-state index in [1.165, 1.54) is 6.20 Å². The van der Waals surface area contributed by atoms with Gasteiger partial charge >= 0.3 is 5.97 Å². The number of rotatable bonds is 5. The second-order valence-electron chi connectivity index (χ2n) is 4.56. The number of nitrogens with one attached hydrogen (secondary N) is 2. The van der Waals surface area contributed by atoms with Crippen LogP contribution in [0.1, 0.15) is 20.8 Å². The fraction of sp³-hybridized carbons (Fsp3) is 0.455. The van der Waals surface area contributed by atoms with Crippen molar-refractivity contribution in [1.82, 2.24) is 10.2 Å². The van der Waals surface area contributed by atoms with E-state index in [1.54, 1.807) is 26.8 Å². The fourth-order valence-electron chi connectivity index (χ4n) is 1.02. The molecule has 0 radical (unpaired) electrons. The first-order chi connectivity index (χ1) is 8.87. The van der Waals surface area contributed by atoms with Gasteiger partial charge in [-0.2, -0.15) is 5.10 Å². The molecular weight excluding hydrogens is 252 g/mol. The Bertz CT molecular complexity index is 448. The molecule has 0 aromatic carbocycles. The number of hydrogen-bond acceptors (Lipinski definition) is 6. The van der Waals surface area contributed by atoms with Gasteiger partial charge in [0.05, 0.1) is 6.20 Å². The maximum atomic E-state index is 11.3. The number of carbonyl (C=O) groups is 2. The van der Waals surface area contributed by atoms with Gasteiger partial charge in [-0.25, -0.2) is 4.79 Å². The van der Waals surface area contributed by atoms with Crippen LogP contribution in [0.2, 0.25) is 0 Å². The van der Waals surface area contributed by atoms with E-state index in [0.29, 0.717) is 5.82 Å². The SMILES string of the molecule is CC(C)(C)OC(=O)C=NOCC(=O)Nc1ccn[nH]1. The molecule has 0 bridgehead atoms. The molecule has 0 saturated heterocycles. The van der Waals surface area contributed by atoms with Gasteiger partial charge in [0.1, 0.15) is 11.4 Å². The molecule has 0 unspecified atom stereocenters. The van der Waals surface area contributed by atoms with Gasteiger partial charge in [-0.15, -0.1) is 0 Å². The van der Waals surface area contributed by atoms with Crippen LogP contribution in [0.25, 0.3) is 0 Å². The van der Waals surface area contributed by atoms with Crippen LogP contribution in [0.3, 0.4) is 0 Å². The summed E-state index contributed by atoms with van der Waals surface area (Å²) < 4.78 is 4.95. The highest BCUT2D eigenvalue weighted by atomic mass is 16.6. The summed E-state index contributed by atoms with van der Waals surface area (Å²) in [7, 11) is 0. The number of carbonyl (C=O) groups excluding carboxylic acids is 2. The molecule has 8 heteroatoms. The number of nitrogens with zero attached hydrogens (tertiary/aromatic N) is 2. The van der Waals surface area contributed by atoms with Crippen LogP contribution in [-0.2, 0) is 19.2 Å². The van der Waals surface area contributed by atoms with Gasteiger partial charge in [-0.05, 0) is 20.8 Å². The summed E-state index contributed by atoms with van der Waals surface area (Å²) in [4.78, 5) is 27.2. The van der Waals surface area contributed by atoms with E-state index >= 15 is 0 Å². The molecule has 0 aliphatic rings. The first-order valence-corrected chi connectivity index (χ1v) is 5.54. The van der Waals surface area contributed by atoms with Crippen molar-refractivity contribution in [1.29, 1.82) is 0 Å². The fourth-order valence-corrected chi connectivity index (χ4v) is 1.02. The molecule has 2 N–H and O–H groups in total. The summed E-state index contributed by atoms with van der Waals surface area (Å²) in [6, 6.07) is 1.59. The first kappa shape index (κ1) is 14.7. The quantitative estimate of drug-likeness (QED) is 0.464. The largest absolute Gasteiger partial charge is 0.456 e. The van der Waals surface area contributed by atoms with E-state index in [1.807, 2.05) is 0 Å². The van der Waals surface area contributed by atoms with E-state index in [2.05, 4.69) is 25.5 Å². The number of aromatic nitrogens is 2. The Morgan fingerprint density at radius 3 is 2.84 bits per heavy atom. The molecule has 1 amide bonds. The van der Waals surface area contributed by atoms with Crippen molar-refractivity contribution in [2.24, 2.45) is 5.16 Å². The Morgan fingerprint density at radius 2 is 2.26 bits per heavy atom. The third kappa shape index (κ3) is 6.81. The Morgan fingerprint density at radius 1 is 1.53 bits per heavy atom. The minimum absolute atomic E-state index is 0.321. The minimum atomic E-state index is -0.638. The van der Waals surface area contributed by atoms with Crippen molar-refractivity contribution >= 4 is 23.9 Å². The summed E-state index contributed by atoms with van der Waals surface area (Å²) in [5, 5.41) is 12.0. The number of aromatic amines is 1. The van der Waals surface area contributed by atoms with Gasteiger partial charge in [-0.1, -0.05) is 5.16 Å². The van der Waals surface area contributed by atoms with Gasteiger partial charge in [0.2, 0.25) is 0 Å². The summed E-state index contributed by atoms with van der Waals surface area (Å²) >= 11 is 0. The highest BCUT2D eigenvalue weighted by Gasteiger charge is 2.14. The van der Waals surface area contributed by atoms with E-state index in [0.717, 1.165) is 6.21 Å². The number of esters is 1. The zero-order valence-corrected chi connectivity index (χ0v) is 11.0. The van der Waals surface area contributed by atoms with Gasteiger partial charge in [0, 0.05) is 6.07 Å². The smallest absolute Gasteiger partial charge is 0.353 e. The predicted octanol–water partition coefficient (Wildman–Crippen LogP) is 0.692. The summed E-state index contributed by atoms with van der Waals surface area (Å²) in [5.41, 5.74) is -0.596. The molecule has 0 saturated carbocycles. The Kier molecular flexibility index (Phi) is 5.04. The molecule has 1 heterocycles. The van der Waals surface area contributed by atoms with Crippen molar-refractivity contribution in [2.45, 2.75) is 26.4 Å². The molecule has 0 spiro atoms. The number of ether oxygens (including phenoxy) is 1. The molecule has 1 aromatic heterocycles. The van der Waals surface area contributed by atoms with Crippen LogP contribution in [0.4, 0.5) is 5.82 Å². The molecular formula is C11H16N4O4. The van der Waals surface area contributed by atoms with Crippen LogP contribution in [0.5, 0.6) is 0 Å². The summed E-state index contributed by atoms with van der Waals surface area (Å²) in [6.07, 6.45) is 2.37. The topological polar surface area (TPSA) is 106 Å². The molecule has 0 fully saturated rings. The maximum Gasteiger partial charge on any atom is 0.353 e. The van der Waals surface area contributed by atoms with Crippen LogP contribution in [0.15, 0.2) is 17.4 Å². The Labute approximate surface area is 110 Å². The van der Waals surface area contributed by atoms with Crippen molar-refractivity contribution in [3.8, 4) is 0 Å². The van der Waals surface area contributed by atoms with E-state index in [4.69, 9.17) is 4.74 Å². The minimum Gasteiger partial charge on any atom is -0.456 e. The molecule has 0 aliphatic heterocycles. The van der Waals surface area contributed by atoms with E-state index in [-0.39, 0.29) is 6.61 Å². The molecule has 1 rings (SSSR count). The summed E-state index contributed by atoms with van der Waals surface area (Å²) in [5.74, 6) is -0.614. The Hall–Kier alpha value is -2.38. The van der Waals surface area contributed by atoms with Crippen LogP contribution in [0, 0.1) is 0 Å². The van der Waals surface area contributed by atoms with Gasteiger partial charge < -0.3 is 14.9 Å². The average molecular weight is 268 g/mol. The monoisotopic (exact) mass is 268 g/mol. The number of hydrogen-bond donors (Lipinski definition) is 2. The number of H-pyrrole nitrogens is 1. The molecule has 0 atom stereocenters. The first-order valence-electron chi connectivity index (χ1n) is 5.54. The highest BCUT2D eigenvalue weighted by Crippen LogP contribution is 2.05. The highest BCUT2D eigenvalue weighted by molar-refractivity contribution is 6.23. The predicted molar refractivity (Wildman–Crippen MR) is 67.5 cm³/mol. The maximum absolute atomic E-state index is 11.3. The number of amides is 1. The average Bonchev–Trinajstić information content (AvgIpc) is 2.74. The Balaban J connectivity index is 2.22. The normalized spacial score (nSPS) is 11.3. The lowest BCUT2D eigenvalue weighted by Crippen LogP contribution is -2.24. The molecule has 19 heavy (non-hydrogen) atoms. The second kappa shape index (κ2) is 6.53. The zero-order valence-electron chi connectivity index (χ0n) is 11.0. The van der Waals surface area contributed by atoms with Crippen LogP contribution >= 0.6 is 0 Å². The van der Waals surface area contributed by atoms with Gasteiger partial charge in [-0.3, -0.25) is 9.89 Å². The van der Waals surface area contributed by atoms with Gasteiger partial charge in [0.25, 0.3) is 5.91 Å². The van der Waals surface area contributed by atoms with Crippen LogP contribution in [-0.4, -0.2) is 40.5 Å². The number of oxime groups is 1. The molecule has 1 aromatic rings. The van der Waals surface area contributed by atoms with Crippen molar-refractivity contribution in [2.75, 3.05) is 11.9 Å². The van der Waals surface area contributed by atoms with E-state index < -0.39 is 17.5 Å². The molecule has 8 nitrogen and oxygen atoms in total. The van der Waals surface area contributed by atoms with Crippen molar-refractivity contribution < 1.29 is 19.2 Å². The lowest BCUT2D eigenvalue weighted by molar-refractivity contribution is -0.145. The number of anilines is 1. The van der Waals surface area contributed by atoms with E-state index in [9.17, 15) is 9.59 Å². The third-order valence-corrected chi connectivity index (χ3v) is 1.61. The molecule has 104 valence electrons. The van der Waals surface area contributed by atoms with Gasteiger partial charge in [0.15, 0.2) is 12.8 Å². The van der Waals surface area contributed by atoms with Crippen molar-refractivity contribution in [3.63, 3.8) is 0 Å². The van der Waals surface area contributed by atoms with Crippen molar-refractivity contribution in [3.05, 3.63) is 12.3 Å². The second-order valence-corrected chi connectivity index (χ2v) is 4.56. The molecule has 0 aliphatic carbocycles. The lowest BCUT2D eigenvalue weighted by Gasteiger charge is -2.17. The lowest BCUT2D eigenvalue weighted by atomic mass is 10.2. The third-order valence-electron chi connectivity index (χ3n) is 1.61. The standard InChI is InChI=1S/C11H16N4O4/c1-11(2,3)19-10(17)6-13-18-7-9(16)14-8-4-5-12-15-8/h4-6H,7H2,1-3H3,(H2,12,14,15,16). The zero-order chi connectivity index (χ0) is 14.3.